The molecule has 0 aliphatic heterocycles. The number of ether oxygens (including phenoxy) is 3. The standard InChI is InChI=1S/C13H23NO6/c1-10(20-11(2)15)9-14(7-5-12(16)18-3)8-6-13(17)19-4/h10H,5-9H2,1-4H3. The Bertz CT molecular complexity index is 311. The summed E-state index contributed by atoms with van der Waals surface area (Å²) in [6.45, 7) is 4.38. The first-order chi connectivity index (χ1) is 9.38. The van der Waals surface area contributed by atoms with Crippen LogP contribution in [-0.4, -0.2) is 62.8 Å². The lowest BCUT2D eigenvalue weighted by molar-refractivity contribution is -0.148. The van der Waals surface area contributed by atoms with E-state index in [2.05, 4.69) is 9.47 Å². The predicted molar refractivity (Wildman–Crippen MR) is 70.9 cm³/mol. The van der Waals surface area contributed by atoms with Crippen LogP contribution >= 0.6 is 0 Å². The maximum absolute atomic E-state index is 11.1. The van der Waals surface area contributed by atoms with Crippen LogP contribution in [-0.2, 0) is 28.6 Å². The van der Waals surface area contributed by atoms with Crippen molar-refractivity contribution in [3.8, 4) is 0 Å². The van der Waals surface area contributed by atoms with Gasteiger partial charge in [0, 0.05) is 26.6 Å². The minimum atomic E-state index is -0.363. The Balaban J connectivity index is 4.32. The molecule has 1 unspecified atom stereocenters. The number of hydrogen-bond acceptors (Lipinski definition) is 7. The highest BCUT2D eigenvalue weighted by molar-refractivity contribution is 5.70. The molecule has 1 atom stereocenters. The van der Waals surface area contributed by atoms with Crippen LogP contribution in [0.5, 0.6) is 0 Å². The van der Waals surface area contributed by atoms with Gasteiger partial charge in [0.2, 0.25) is 0 Å². The molecule has 0 aromatic rings. The predicted octanol–water partition coefficient (Wildman–Crippen LogP) is 0.366. The second-order valence-corrected chi connectivity index (χ2v) is 4.37. The number of esters is 3. The number of methoxy groups -OCH3 is 2. The van der Waals surface area contributed by atoms with Crippen molar-refractivity contribution < 1.29 is 28.6 Å². The van der Waals surface area contributed by atoms with Gasteiger partial charge in [-0.15, -0.1) is 0 Å². The number of hydrogen-bond donors (Lipinski definition) is 0. The first-order valence-electron chi connectivity index (χ1n) is 6.42. The summed E-state index contributed by atoms with van der Waals surface area (Å²) >= 11 is 0. The molecule has 0 aliphatic carbocycles. The van der Waals surface area contributed by atoms with Crippen molar-refractivity contribution in [2.75, 3.05) is 33.9 Å². The molecule has 0 heterocycles. The quantitative estimate of drug-likeness (QED) is 0.448. The van der Waals surface area contributed by atoms with Gasteiger partial charge in [-0.25, -0.2) is 0 Å². The second-order valence-electron chi connectivity index (χ2n) is 4.37. The molecule has 0 rings (SSSR count). The molecule has 0 saturated heterocycles. The Labute approximate surface area is 119 Å². The van der Waals surface area contributed by atoms with Gasteiger partial charge in [-0.05, 0) is 6.92 Å². The van der Waals surface area contributed by atoms with Crippen molar-refractivity contribution in [1.29, 1.82) is 0 Å². The summed E-state index contributed by atoms with van der Waals surface area (Å²) in [6.07, 6.45) is 0.109. The van der Waals surface area contributed by atoms with Crippen LogP contribution in [0.15, 0.2) is 0 Å². The number of carbonyl (C=O) groups excluding carboxylic acids is 3. The minimum Gasteiger partial charge on any atom is -0.469 e. The van der Waals surface area contributed by atoms with E-state index in [-0.39, 0.29) is 36.9 Å². The van der Waals surface area contributed by atoms with Crippen molar-refractivity contribution in [2.45, 2.75) is 32.8 Å². The smallest absolute Gasteiger partial charge is 0.306 e. The van der Waals surface area contributed by atoms with E-state index in [1.165, 1.54) is 21.1 Å². The van der Waals surface area contributed by atoms with Crippen molar-refractivity contribution in [3.63, 3.8) is 0 Å². The van der Waals surface area contributed by atoms with Gasteiger partial charge in [-0.1, -0.05) is 0 Å². The van der Waals surface area contributed by atoms with Gasteiger partial charge in [0.1, 0.15) is 6.10 Å². The van der Waals surface area contributed by atoms with E-state index in [9.17, 15) is 14.4 Å². The van der Waals surface area contributed by atoms with Crippen LogP contribution in [0.2, 0.25) is 0 Å². The summed E-state index contributed by atoms with van der Waals surface area (Å²) < 4.78 is 14.2. The lowest BCUT2D eigenvalue weighted by atomic mass is 10.3. The normalized spacial score (nSPS) is 11.8. The largest absolute Gasteiger partial charge is 0.469 e. The molecular formula is C13H23NO6. The van der Waals surface area contributed by atoms with Crippen LogP contribution in [0.1, 0.15) is 26.7 Å². The molecule has 0 bridgehead atoms. The van der Waals surface area contributed by atoms with E-state index >= 15 is 0 Å². The first kappa shape index (κ1) is 18.4. The average Bonchev–Trinajstić information content (AvgIpc) is 2.39. The van der Waals surface area contributed by atoms with Crippen molar-refractivity contribution in [2.24, 2.45) is 0 Å². The molecule has 0 aliphatic rings. The highest BCUT2D eigenvalue weighted by Gasteiger charge is 2.15. The Hall–Kier alpha value is -1.63. The lowest BCUT2D eigenvalue weighted by Gasteiger charge is -2.24. The second kappa shape index (κ2) is 10.2. The fourth-order valence-corrected chi connectivity index (χ4v) is 1.68. The maximum Gasteiger partial charge on any atom is 0.306 e. The van der Waals surface area contributed by atoms with E-state index < -0.39 is 0 Å². The molecule has 0 aromatic heterocycles. The fourth-order valence-electron chi connectivity index (χ4n) is 1.68. The Morgan fingerprint density at radius 2 is 1.45 bits per heavy atom. The summed E-state index contributed by atoms with van der Waals surface area (Å²) in [7, 11) is 2.64. The Morgan fingerprint density at radius 1 is 1.00 bits per heavy atom. The molecule has 0 aromatic carbocycles. The monoisotopic (exact) mass is 289 g/mol. The summed E-state index contributed by atoms with van der Waals surface area (Å²) in [5, 5.41) is 0. The molecule has 0 N–H and O–H groups in total. The third-order valence-electron chi connectivity index (χ3n) is 2.60. The topological polar surface area (TPSA) is 82.1 Å². The first-order valence-corrected chi connectivity index (χ1v) is 6.42. The van der Waals surface area contributed by atoms with Crippen molar-refractivity contribution in [1.82, 2.24) is 4.90 Å². The molecule has 0 saturated carbocycles. The zero-order valence-electron chi connectivity index (χ0n) is 12.5. The van der Waals surface area contributed by atoms with Crippen LogP contribution in [0.25, 0.3) is 0 Å². The molecule has 7 heteroatoms. The maximum atomic E-state index is 11.1. The average molecular weight is 289 g/mol. The van der Waals surface area contributed by atoms with Gasteiger partial charge >= 0.3 is 17.9 Å². The van der Waals surface area contributed by atoms with E-state index in [0.717, 1.165) is 0 Å². The van der Waals surface area contributed by atoms with E-state index in [1.807, 2.05) is 4.90 Å². The zero-order valence-corrected chi connectivity index (χ0v) is 12.5. The SMILES string of the molecule is COC(=O)CCN(CCC(=O)OC)CC(C)OC(C)=O. The van der Waals surface area contributed by atoms with Gasteiger partial charge in [-0.3, -0.25) is 19.3 Å². The summed E-state index contributed by atoms with van der Waals surface area (Å²) in [5.41, 5.74) is 0. The third kappa shape index (κ3) is 9.32. The molecule has 0 fully saturated rings. The van der Waals surface area contributed by atoms with E-state index in [1.54, 1.807) is 6.92 Å². The van der Waals surface area contributed by atoms with Crippen LogP contribution < -0.4 is 0 Å². The van der Waals surface area contributed by atoms with Gasteiger partial charge in [0.25, 0.3) is 0 Å². The molecule has 7 nitrogen and oxygen atoms in total. The van der Waals surface area contributed by atoms with E-state index in [4.69, 9.17) is 4.74 Å². The Morgan fingerprint density at radius 3 is 1.80 bits per heavy atom. The van der Waals surface area contributed by atoms with E-state index in [0.29, 0.717) is 19.6 Å². The molecule has 0 amide bonds. The third-order valence-corrected chi connectivity index (χ3v) is 2.60. The number of nitrogens with zero attached hydrogens (tertiary/aromatic N) is 1. The number of carbonyl (C=O) groups is 3. The lowest BCUT2D eigenvalue weighted by Crippen LogP contribution is -2.36. The van der Waals surface area contributed by atoms with Crippen LogP contribution in [0.3, 0.4) is 0 Å². The van der Waals surface area contributed by atoms with Gasteiger partial charge in [0.15, 0.2) is 0 Å². The molecule has 0 spiro atoms. The Kier molecular flexibility index (Phi) is 9.36. The highest BCUT2D eigenvalue weighted by atomic mass is 16.5. The van der Waals surface area contributed by atoms with Gasteiger partial charge < -0.3 is 14.2 Å². The summed E-state index contributed by atoms with van der Waals surface area (Å²) in [4.78, 5) is 35.0. The summed E-state index contributed by atoms with van der Waals surface area (Å²) in [5.74, 6) is -1.01. The molecule has 20 heavy (non-hydrogen) atoms. The molecule has 116 valence electrons. The summed E-state index contributed by atoms with van der Waals surface area (Å²) in [6, 6.07) is 0. The molecule has 0 radical (unpaired) electrons. The van der Waals surface area contributed by atoms with Crippen LogP contribution in [0, 0.1) is 0 Å². The highest BCUT2D eigenvalue weighted by Crippen LogP contribution is 2.02. The number of rotatable bonds is 9. The van der Waals surface area contributed by atoms with Crippen molar-refractivity contribution >= 4 is 17.9 Å². The fraction of sp³-hybridized carbons (Fsp3) is 0.769. The van der Waals surface area contributed by atoms with Gasteiger partial charge in [-0.2, -0.15) is 0 Å². The van der Waals surface area contributed by atoms with Crippen molar-refractivity contribution in [3.05, 3.63) is 0 Å². The van der Waals surface area contributed by atoms with Gasteiger partial charge in [0.05, 0.1) is 27.1 Å². The zero-order chi connectivity index (χ0) is 15.5. The molecular weight excluding hydrogens is 266 g/mol. The minimum absolute atomic E-state index is 0.213. The van der Waals surface area contributed by atoms with Crippen LogP contribution in [0.4, 0.5) is 0 Å².